The van der Waals surface area contributed by atoms with Gasteiger partial charge in [-0.25, -0.2) is 8.57 Å². The van der Waals surface area contributed by atoms with E-state index in [1.54, 1.807) is 18.2 Å². The third-order valence-corrected chi connectivity index (χ3v) is 4.06. The predicted molar refractivity (Wildman–Crippen MR) is 64.0 cm³/mol. The van der Waals surface area contributed by atoms with Gasteiger partial charge in [0.2, 0.25) is 0 Å². The van der Waals surface area contributed by atoms with Crippen LogP contribution in [0.2, 0.25) is 0 Å². The summed E-state index contributed by atoms with van der Waals surface area (Å²) in [7, 11) is -2.42. The molecule has 0 saturated heterocycles. The molecule has 0 bridgehead atoms. The van der Waals surface area contributed by atoms with Crippen LogP contribution in [0, 0.1) is 12.3 Å². The molecule has 1 atom stereocenters. The molecular formula is C12H13NOS. The van der Waals surface area contributed by atoms with Crippen molar-refractivity contribution in [2.24, 2.45) is 4.36 Å². The van der Waals surface area contributed by atoms with Gasteiger partial charge in [0, 0.05) is 4.90 Å². The highest BCUT2D eigenvalue weighted by Gasteiger charge is 2.08. The quantitative estimate of drug-likeness (QED) is 0.564. The minimum atomic E-state index is -2.42. The second-order valence-corrected chi connectivity index (χ2v) is 5.24. The fraction of sp³-hybridized carbons (Fsp3) is 0.167. The predicted octanol–water partition coefficient (Wildman–Crippen LogP) is 2.33. The van der Waals surface area contributed by atoms with Gasteiger partial charge in [-0.3, -0.25) is 0 Å². The Labute approximate surface area is 91.2 Å². The maximum Gasteiger partial charge on any atom is 0.109 e. The Kier molecular flexibility index (Phi) is 4.14. The van der Waals surface area contributed by atoms with Gasteiger partial charge in [-0.15, -0.1) is 13.0 Å². The molecule has 1 aromatic rings. The summed E-state index contributed by atoms with van der Waals surface area (Å²) in [6, 6.07) is 9.14. The Morgan fingerprint density at radius 1 is 1.47 bits per heavy atom. The van der Waals surface area contributed by atoms with Crippen molar-refractivity contribution in [3.05, 3.63) is 43.0 Å². The standard InChI is InChI=1S/C12H13NOS/c1-3-10-13-15(14,11-4-2)12-8-6-5-7-9-12/h1,4-9H,2,10-11H2. The van der Waals surface area contributed by atoms with Gasteiger partial charge >= 0.3 is 0 Å². The Morgan fingerprint density at radius 2 is 2.13 bits per heavy atom. The molecule has 15 heavy (non-hydrogen) atoms. The van der Waals surface area contributed by atoms with E-state index >= 15 is 0 Å². The lowest BCUT2D eigenvalue weighted by molar-refractivity contribution is 0.677. The lowest BCUT2D eigenvalue weighted by atomic mass is 10.4. The number of benzene rings is 1. The molecule has 0 amide bonds. The first-order chi connectivity index (χ1) is 7.23. The Balaban J connectivity index is 3.20. The molecule has 78 valence electrons. The van der Waals surface area contributed by atoms with Crippen LogP contribution in [0.4, 0.5) is 0 Å². The molecule has 0 aliphatic carbocycles. The van der Waals surface area contributed by atoms with Crippen molar-refractivity contribution >= 4 is 9.73 Å². The van der Waals surface area contributed by atoms with Gasteiger partial charge in [0.25, 0.3) is 0 Å². The highest BCUT2D eigenvalue weighted by molar-refractivity contribution is 7.93. The van der Waals surface area contributed by atoms with Gasteiger partial charge in [0.1, 0.15) is 6.54 Å². The van der Waals surface area contributed by atoms with Crippen molar-refractivity contribution in [2.75, 3.05) is 12.3 Å². The minimum absolute atomic E-state index is 0.168. The molecule has 0 aliphatic heterocycles. The van der Waals surface area contributed by atoms with E-state index in [-0.39, 0.29) is 6.54 Å². The van der Waals surface area contributed by atoms with Crippen molar-refractivity contribution in [3.8, 4) is 12.3 Å². The molecule has 0 fully saturated rings. The van der Waals surface area contributed by atoms with Crippen LogP contribution in [-0.2, 0) is 9.73 Å². The molecule has 0 N–H and O–H groups in total. The molecule has 1 aromatic carbocycles. The first-order valence-electron chi connectivity index (χ1n) is 4.53. The van der Waals surface area contributed by atoms with E-state index in [4.69, 9.17) is 6.42 Å². The molecule has 0 saturated carbocycles. The average molecular weight is 219 g/mol. The summed E-state index contributed by atoms with van der Waals surface area (Å²) < 4.78 is 16.5. The van der Waals surface area contributed by atoms with E-state index in [0.29, 0.717) is 10.6 Å². The summed E-state index contributed by atoms with van der Waals surface area (Å²) in [6.07, 6.45) is 6.72. The van der Waals surface area contributed by atoms with Gasteiger partial charge in [0.15, 0.2) is 0 Å². The van der Waals surface area contributed by atoms with Crippen molar-refractivity contribution in [2.45, 2.75) is 4.90 Å². The normalized spacial score (nSPS) is 13.5. The SMILES string of the molecule is C#CCN=S(=O)(CC=C)c1ccccc1. The minimum Gasteiger partial charge on any atom is -0.244 e. The number of terminal acetylenes is 1. The summed E-state index contributed by atoms with van der Waals surface area (Å²) in [5, 5.41) is 0. The van der Waals surface area contributed by atoms with E-state index in [0.717, 1.165) is 0 Å². The smallest absolute Gasteiger partial charge is 0.109 e. The molecule has 3 heteroatoms. The van der Waals surface area contributed by atoms with E-state index in [2.05, 4.69) is 16.9 Å². The fourth-order valence-corrected chi connectivity index (χ4v) is 2.79. The number of rotatable bonds is 4. The van der Waals surface area contributed by atoms with Gasteiger partial charge in [0.05, 0.1) is 15.5 Å². The Hall–Kier alpha value is -1.53. The number of nitrogens with zero attached hydrogens (tertiary/aromatic N) is 1. The fourth-order valence-electron chi connectivity index (χ4n) is 1.16. The largest absolute Gasteiger partial charge is 0.244 e. The molecule has 1 rings (SSSR count). The van der Waals surface area contributed by atoms with Gasteiger partial charge < -0.3 is 0 Å². The van der Waals surface area contributed by atoms with Crippen LogP contribution in [0.5, 0.6) is 0 Å². The van der Waals surface area contributed by atoms with E-state index in [1.807, 2.05) is 18.2 Å². The van der Waals surface area contributed by atoms with Crippen LogP contribution in [0.1, 0.15) is 0 Å². The molecule has 2 nitrogen and oxygen atoms in total. The average Bonchev–Trinajstić information content (AvgIpc) is 2.28. The Morgan fingerprint density at radius 3 is 2.67 bits per heavy atom. The third kappa shape index (κ3) is 2.97. The number of hydrogen-bond donors (Lipinski definition) is 0. The van der Waals surface area contributed by atoms with Gasteiger partial charge in [-0.2, -0.15) is 0 Å². The molecule has 1 unspecified atom stereocenters. The van der Waals surface area contributed by atoms with Crippen molar-refractivity contribution in [3.63, 3.8) is 0 Å². The van der Waals surface area contributed by atoms with Gasteiger partial charge in [-0.1, -0.05) is 30.2 Å². The lowest BCUT2D eigenvalue weighted by Crippen LogP contribution is -2.05. The molecule has 0 radical (unpaired) electrons. The molecular weight excluding hydrogens is 206 g/mol. The first-order valence-corrected chi connectivity index (χ1v) is 6.21. The van der Waals surface area contributed by atoms with Crippen LogP contribution in [0.15, 0.2) is 52.2 Å². The van der Waals surface area contributed by atoms with Crippen LogP contribution < -0.4 is 0 Å². The summed E-state index contributed by atoms with van der Waals surface area (Å²) in [5.41, 5.74) is 0. The molecule has 0 spiro atoms. The zero-order chi connectivity index (χ0) is 11.1. The summed E-state index contributed by atoms with van der Waals surface area (Å²) in [6.45, 7) is 3.76. The van der Waals surface area contributed by atoms with E-state index < -0.39 is 9.73 Å². The summed E-state index contributed by atoms with van der Waals surface area (Å²) >= 11 is 0. The summed E-state index contributed by atoms with van der Waals surface area (Å²) in [5.74, 6) is 2.70. The monoisotopic (exact) mass is 219 g/mol. The van der Waals surface area contributed by atoms with E-state index in [1.165, 1.54) is 0 Å². The summed E-state index contributed by atoms with van der Waals surface area (Å²) in [4.78, 5) is 0.708. The molecule has 0 aliphatic rings. The van der Waals surface area contributed by atoms with Gasteiger partial charge in [-0.05, 0) is 12.1 Å². The van der Waals surface area contributed by atoms with Crippen molar-refractivity contribution in [1.29, 1.82) is 0 Å². The number of hydrogen-bond acceptors (Lipinski definition) is 2. The van der Waals surface area contributed by atoms with Crippen molar-refractivity contribution in [1.82, 2.24) is 0 Å². The third-order valence-electron chi connectivity index (χ3n) is 1.82. The molecule has 0 heterocycles. The second kappa shape index (κ2) is 5.38. The second-order valence-electron chi connectivity index (χ2n) is 2.90. The van der Waals surface area contributed by atoms with Crippen LogP contribution >= 0.6 is 0 Å². The molecule has 0 aromatic heterocycles. The van der Waals surface area contributed by atoms with Crippen LogP contribution in [-0.4, -0.2) is 16.5 Å². The van der Waals surface area contributed by atoms with E-state index in [9.17, 15) is 4.21 Å². The zero-order valence-electron chi connectivity index (χ0n) is 8.43. The topological polar surface area (TPSA) is 29.4 Å². The maximum absolute atomic E-state index is 12.4. The van der Waals surface area contributed by atoms with Crippen LogP contribution in [0.25, 0.3) is 0 Å². The lowest BCUT2D eigenvalue weighted by Gasteiger charge is -2.06. The Bertz CT molecular complexity index is 476. The first kappa shape index (κ1) is 11.5. The maximum atomic E-state index is 12.4. The highest BCUT2D eigenvalue weighted by Crippen LogP contribution is 2.13. The highest BCUT2D eigenvalue weighted by atomic mass is 32.2. The van der Waals surface area contributed by atoms with Crippen LogP contribution in [0.3, 0.4) is 0 Å². The zero-order valence-corrected chi connectivity index (χ0v) is 9.24. The van der Waals surface area contributed by atoms with Crippen molar-refractivity contribution < 1.29 is 4.21 Å².